The largest absolute Gasteiger partial charge is 0.356 e. The Morgan fingerprint density at radius 2 is 2.20 bits per heavy atom. The topological polar surface area (TPSA) is 61.4 Å². The van der Waals surface area contributed by atoms with Gasteiger partial charge in [-0.1, -0.05) is 0 Å². The highest BCUT2D eigenvalue weighted by atomic mass is 19.3. The summed E-state index contributed by atoms with van der Waals surface area (Å²) in [7, 11) is 0. The molecule has 5 nitrogen and oxygen atoms in total. The summed E-state index contributed by atoms with van der Waals surface area (Å²) < 4.78 is 26.3. The van der Waals surface area contributed by atoms with Crippen molar-refractivity contribution >= 4 is 11.8 Å². The first kappa shape index (κ1) is 15.2. The van der Waals surface area contributed by atoms with E-state index < -0.39 is 24.9 Å². The zero-order valence-corrected chi connectivity index (χ0v) is 11.6. The Labute approximate surface area is 117 Å². The first-order chi connectivity index (χ1) is 9.37. The Morgan fingerprint density at radius 3 is 2.80 bits per heavy atom. The lowest BCUT2D eigenvalue weighted by molar-refractivity contribution is -0.135. The number of nitrogens with one attached hydrogen (secondary N) is 2. The van der Waals surface area contributed by atoms with E-state index in [1.54, 1.807) is 4.90 Å². The van der Waals surface area contributed by atoms with Crippen molar-refractivity contribution in [2.24, 2.45) is 5.92 Å². The number of hydrogen-bond acceptors (Lipinski definition) is 3. The molecule has 114 valence electrons. The maximum Gasteiger partial charge on any atom is 0.262 e. The molecule has 0 radical (unpaired) electrons. The third kappa shape index (κ3) is 3.88. The lowest BCUT2D eigenvalue weighted by Gasteiger charge is -2.34. The molecule has 0 aliphatic carbocycles. The Kier molecular flexibility index (Phi) is 4.57. The van der Waals surface area contributed by atoms with Crippen LogP contribution in [0.3, 0.4) is 0 Å². The summed E-state index contributed by atoms with van der Waals surface area (Å²) in [4.78, 5) is 24.8. The third-order valence-electron chi connectivity index (χ3n) is 3.88. The molecule has 2 atom stereocenters. The minimum atomic E-state index is -2.79. The maximum absolute atomic E-state index is 13.1. The summed E-state index contributed by atoms with van der Waals surface area (Å²) >= 11 is 0. The van der Waals surface area contributed by atoms with Crippen LogP contribution in [-0.2, 0) is 9.59 Å². The normalized spacial score (nSPS) is 29.2. The Balaban J connectivity index is 1.85. The fourth-order valence-corrected chi connectivity index (χ4v) is 2.83. The van der Waals surface area contributed by atoms with E-state index in [-0.39, 0.29) is 17.7 Å². The van der Waals surface area contributed by atoms with Crippen molar-refractivity contribution in [3.63, 3.8) is 0 Å². The lowest BCUT2D eigenvalue weighted by atomic mass is 9.97. The van der Waals surface area contributed by atoms with Gasteiger partial charge in [0, 0.05) is 33.0 Å². The monoisotopic (exact) mass is 289 g/mol. The van der Waals surface area contributed by atoms with Crippen molar-refractivity contribution in [3.8, 4) is 0 Å². The van der Waals surface area contributed by atoms with E-state index in [4.69, 9.17) is 0 Å². The van der Waals surface area contributed by atoms with Crippen LogP contribution in [0.1, 0.15) is 26.2 Å². The van der Waals surface area contributed by atoms with Crippen molar-refractivity contribution in [1.82, 2.24) is 15.5 Å². The van der Waals surface area contributed by atoms with Gasteiger partial charge in [-0.15, -0.1) is 0 Å². The van der Waals surface area contributed by atoms with Gasteiger partial charge in [0.25, 0.3) is 5.92 Å². The van der Waals surface area contributed by atoms with Gasteiger partial charge in [-0.3, -0.25) is 14.9 Å². The van der Waals surface area contributed by atoms with Crippen LogP contribution in [0.2, 0.25) is 0 Å². The maximum atomic E-state index is 13.1. The van der Waals surface area contributed by atoms with Crippen LogP contribution in [0, 0.1) is 5.92 Å². The second kappa shape index (κ2) is 6.03. The molecule has 2 N–H and O–H groups in total. The molecule has 7 heteroatoms. The molecule has 0 aromatic heterocycles. The molecule has 2 fully saturated rings. The van der Waals surface area contributed by atoms with E-state index in [9.17, 15) is 18.4 Å². The highest BCUT2D eigenvalue weighted by Gasteiger charge is 2.43. The van der Waals surface area contributed by atoms with E-state index in [0.29, 0.717) is 19.6 Å². The molecule has 2 rings (SSSR count). The summed E-state index contributed by atoms with van der Waals surface area (Å²) in [6, 6.07) is -0.774. The van der Waals surface area contributed by atoms with Gasteiger partial charge in [0.2, 0.25) is 11.8 Å². The molecule has 2 heterocycles. The van der Waals surface area contributed by atoms with Gasteiger partial charge in [-0.05, 0) is 18.8 Å². The Bertz CT molecular complexity index is 390. The molecule has 2 aliphatic heterocycles. The van der Waals surface area contributed by atoms with Gasteiger partial charge in [-0.25, -0.2) is 8.78 Å². The highest BCUT2D eigenvalue weighted by molar-refractivity contribution is 5.82. The standard InChI is InChI=1S/C13H21F2N3O2/c1-9(19)16-6-10-3-2-4-18(7-10)12(20)11-5-13(14,15)8-17-11/h10-11,17H,2-8H2,1H3,(H,16,19). The summed E-state index contributed by atoms with van der Waals surface area (Å²) in [6.45, 7) is 2.71. The van der Waals surface area contributed by atoms with Crippen LogP contribution in [0.4, 0.5) is 8.78 Å². The van der Waals surface area contributed by atoms with Crippen molar-refractivity contribution in [2.45, 2.75) is 38.2 Å². The summed E-state index contributed by atoms with van der Waals surface area (Å²) in [5.41, 5.74) is 0. The Hall–Kier alpha value is -1.24. The second-order valence-electron chi connectivity index (χ2n) is 5.72. The van der Waals surface area contributed by atoms with E-state index in [0.717, 1.165) is 12.8 Å². The smallest absolute Gasteiger partial charge is 0.262 e. The zero-order valence-electron chi connectivity index (χ0n) is 11.6. The van der Waals surface area contributed by atoms with Crippen molar-refractivity contribution < 1.29 is 18.4 Å². The molecule has 0 saturated carbocycles. The lowest BCUT2D eigenvalue weighted by Crippen LogP contribution is -2.49. The first-order valence-corrected chi connectivity index (χ1v) is 7.02. The first-order valence-electron chi connectivity index (χ1n) is 7.02. The predicted octanol–water partition coefficient (Wildman–Crippen LogP) is 0.358. The summed E-state index contributed by atoms with van der Waals surface area (Å²) in [5, 5.41) is 5.34. The summed E-state index contributed by atoms with van der Waals surface area (Å²) in [6.07, 6.45) is 1.37. The predicted molar refractivity (Wildman–Crippen MR) is 69.3 cm³/mol. The number of likely N-dealkylation sites (tertiary alicyclic amines) is 1. The minimum Gasteiger partial charge on any atom is -0.356 e. The van der Waals surface area contributed by atoms with Crippen LogP contribution < -0.4 is 10.6 Å². The number of amides is 2. The molecule has 0 bridgehead atoms. The molecule has 2 saturated heterocycles. The van der Waals surface area contributed by atoms with Crippen LogP contribution in [-0.4, -0.2) is 54.9 Å². The fraction of sp³-hybridized carbons (Fsp3) is 0.846. The SMILES string of the molecule is CC(=O)NCC1CCCN(C(=O)C2CC(F)(F)CN2)C1. The molecule has 2 aliphatic rings. The second-order valence-corrected chi connectivity index (χ2v) is 5.72. The van der Waals surface area contributed by atoms with Gasteiger partial charge in [0.05, 0.1) is 12.6 Å². The number of carbonyl (C=O) groups is 2. The molecule has 2 unspecified atom stereocenters. The highest BCUT2D eigenvalue weighted by Crippen LogP contribution is 2.27. The quantitative estimate of drug-likeness (QED) is 0.788. The van der Waals surface area contributed by atoms with Crippen LogP contribution in [0.15, 0.2) is 0 Å². The molecule has 0 spiro atoms. The molecule has 2 amide bonds. The van der Waals surface area contributed by atoms with Crippen LogP contribution in [0.5, 0.6) is 0 Å². The third-order valence-corrected chi connectivity index (χ3v) is 3.88. The van der Waals surface area contributed by atoms with Crippen LogP contribution in [0.25, 0.3) is 0 Å². The number of alkyl halides is 2. The zero-order chi connectivity index (χ0) is 14.8. The van der Waals surface area contributed by atoms with Gasteiger partial charge in [0.1, 0.15) is 0 Å². The van der Waals surface area contributed by atoms with E-state index in [2.05, 4.69) is 10.6 Å². The molecular formula is C13H21F2N3O2. The number of carbonyl (C=O) groups excluding carboxylic acids is 2. The van der Waals surface area contributed by atoms with E-state index in [1.165, 1.54) is 6.92 Å². The van der Waals surface area contributed by atoms with E-state index in [1.807, 2.05) is 0 Å². The molecular weight excluding hydrogens is 268 g/mol. The van der Waals surface area contributed by atoms with Gasteiger partial charge in [-0.2, -0.15) is 0 Å². The van der Waals surface area contributed by atoms with E-state index >= 15 is 0 Å². The number of nitrogens with zero attached hydrogens (tertiary/aromatic N) is 1. The molecule has 20 heavy (non-hydrogen) atoms. The minimum absolute atomic E-state index is 0.0921. The van der Waals surface area contributed by atoms with Crippen molar-refractivity contribution in [1.29, 1.82) is 0 Å². The summed E-state index contributed by atoms with van der Waals surface area (Å²) in [5.74, 6) is -2.91. The van der Waals surface area contributed by atoms with Gasteiger partial charge >= 0.3 is 0 Å². The average molecular weight is 289 g/mol. The number of piperidine rings is 1. The Morgan fingerprint density at radius 1 is 1.45 bits per heavy atom. The van der Waals surface area contributed by atoms with Crippen molar-refractivity contribution in [3.05, 3.63) is 0 Å². The van der Waals surface area contributed by atoms with Gasteiger partial charge in [0.15, 0.2) is 0 Å². The van der Waals surface area contributed by atoms with Gasteiger partial charge < -0.3 is 10.2 Å². The van der Waals surface area contributed by atoms with Crippen molar-refractivity contribution in [2.75, 3.05) is 26.2 Å². The number of rotatable bonds is 3. The number of halogens is 2. The number of hydrogen-bond donors (Lipinski definition) is 2. The fourth-order valence-electron chi connectivity index (χ4n) is 2.83. The molecule has 0 aromatic rings. The average Bonchev–Trinajstić information content (AvgIpc) is 2.76. The molecule has 0 aromatic carbocycles. The van der Waals surface area contributed by atoms with Crippen LogP contribution >= 0.6 is 0 Å².